The van der Waals surface area contributed by atoms with Crippen LogP contribution in [-0.2, 0) is 17.6 Å². The van der Waals surface area contributed by atoms with E-state index in [1.165, 1.54) is 36.1 Å². The van der Waals surface area contributed by atoms with Crippen molar-refractivity contribution in [1.82, 2.24) is 9.97 Å². The Morgan fingerprint density at radius 1 is 1.06 bits per heavy atom. The summed E-state index contributed by atoms with van der Waals surface area (Å²) in [4.78, 5) is 36.3. The molecule has 3 aromatic rings. The predicted molar refractivity (Wildman–Crippen MR) is 135 cm³/mol. The van der Waals surface area contributed by atoms with Gasteiger partial charge in [-0.15, -0.1) is 11.3 Å². The molecular formula is C28H30N2O4S. The highest BCUT2D eigenvalue weighted by Crippen LogP contribution is 2.60. The quantitative estimate of drug-likeness (QED) is 0.377. The van der Waals surface area contributed by atoms with Crippen LogP contribution in [0.2, 0.25) is 0 Å². The van der Waals surface area contributed by atoms with Crippen LogP contribution in [0.25, 0.3) is 21.6 Å². The number of fused-ring (bicyclic) bond motifs is 3. The van der Waals surface area contributed by atoms with E-state index in [0.717, 1.165) is 54.3 Å². The molecule has 7 heteroatoms. The molecule has 0 radical (unpaired) electrons. The van der Waals surface area contributed by atoms with Crippen molar-refractivity contribution in [3.05, 3.63) is 39.0 Å². The number of benzene rings is 1. The molecule has 1 N–H and O–H groups in total. The van der Waals surface area contributed by atoms with Crippen LogP contribution in [0.15, 0.2) is 23.0 Å². The zero-order valence-corrected chi connectivity index (χ0v) is 20.8. The van der Waals surface area contributed by atoms with Crippen molar-refractivity contribution in [2.75, 3.05) is 7.11 Å². The monoisotopic (exact) mass is 490 g/mol. The number of hydrogen-bond donors (Lipinski definition) is 1. The summed E-state index contributed by atoms with van der Waals surface area (Å²) < 4.78 is 11.6. The van der Waals surface area contributed by atoms with Crippen LogP contribution in [-0.4, -0.2) is 23.0 Å². The Morgan fingerprint density at radius 2 is 1.77 bits per heavy atom. The largest absolute Gasteiger partial charge is 0.493 e. The zero-order chi connectivity index (χ0) is 23.7. The number of aryl methyl sites for hydroxylation is 2. The van der Waals surface area contributed by atoms with Gasteiger partial charge in [0.15, 0.2) is 11.5 Å². The van der Waals surface area contributed by atoms with Crippen molar-refractivity contribution in [2.24, 2.45) is 23.2 Å². The summed E-state index contributed by atoms with van der Waals surface area (Å²) in [6, 6.07) is 5.43. The van der Waals surface area contributed by atoms with E-state index in [2.05, 4.69) is 4.98 Å². The molecule has 4 bridgehead atoms. The van der Waals surface area contributed by atoms with Gasteiger partial charge in [0.1, 0.15) is 10.7 Å². The SMILES string of the molecule is COc1cc(-c2nc3sc4c(c3c(=O)[nH]2)CCCC4)ccc1OC(=O)C12CC3CC(CC(C3)C1)C2. The third kappa shape index (κ3) is 3.45. The number of hydrogen-bond acceptors (Lipinski definition) is 6. The Labute approximate surface area is 208 Å². The Balaban J connectivity index is 1.19. The number of esters is 1. The number of aromatic amines is 1. The summed E-state index contributed by atoms with van der Waals surface area (Å²) >= 11 is 1.64. The molecule has 0 atom stereocenters. The number of methoxy groups -OCH3 is 1. The zero-order valence-electron chi connectivity index (χ0n) is 20.0. The van der Waals surface area contributed by atoms with Crippen LogP contribution in [0.3, 0.4) is 0 Å². The van der Waals surface area contributed by atoms with Gasteiger partial charge < -0.3 is 14.5 Å². The first-order valence-corrected chi connectivity index (χ1v) is 13.8. The molecule has 0 saturated heterocycles. The van der Waals surface area contributed by atoms with E-state index in [0.29, 0.717) is 35.1 Å². The molecule has 0 aliphatic heterocycles. The molecule has 2 heterocycles. The number of rotatable bonds is 4. The van der Waals surface area contributed by atoms with Gasteiger partial charge in [-0.1, -0.05) is 0 Å². The predicted octanol–water partition coefficient (Wildman–Crippen LogP) is 5.66. The second-order valence-electron chi connectivity index (χ2n) is 11.3. The van der Waals surface area contributed by atoms with E-state index >= 15 is 0 Å². The molecule has 5 aliphatic rings. The number of carbonyl (C=O) groups excluding carboxylic acids is 1. The van der Waals surface area contributed by atoms with Gasteiger partial charge in [0.2, 0.25) is 0 Å². The minimum absolute atomic E-state index is 0.0827. The van der Waals surface area contributed by atoms with E-state index in [1.54, 1.807) is 30.6 Å². The first-order chi connectivity index (χ1) is 17.0. The summed E-state index contributed by atoms with van der Waals surface area (Å²) in [5, 5.41) is 0.751. The third-order valence-electron chi connectivity index (χ3n) is 8.94. The maximum absolute atomic E-state index is 13.4. The van der Waals surface area contributed by atoms with E-state index in [-0.39, 0.29) is 16.9 Å². The average Bonchev–Trinajstić information content (AvgIpc) is 3.22. The molecule has 4 saturated carbocycles. The lowest BCUT2D eigenvalue weighted by Crippen LogP contribution is -2.51. The summed E-state index contributed by atoms with van der Waals surface area (Å²) in [5.74, 6) is 3.37. The molecule has 8 rings (SSSR count). The molecule has 2 aromatic heterocycles. The van der Waals surface area contributed by atoms with Crippen LogP contribution in [0.4, 0.5) is 0 Å². The van der Waals surface area contributed by atoms with Crippen LogP contribution in [0.1, 0.15) is 61.8 Å². The number of H-pyrrole nitrogens is 1. The van der Waals surface area contributed by atoms with Crippen LogP contribution >= 0.6 is 11.3 Å². The minimum atomic E-state index is -0.325. The second-order valence-corrected chi connectivity index (χ2v) is 12.3. The van der Waals surface area contributed by atoms with E-state index in [9.17, 15) is 9.59 Å². The number of thiophene rings is 1. The molecule has 4 fully saturated rings. The number of ether oxygens (including phenoxy) is 2. The molecule has 0 spiro atoms. The first kappa shape index (κ1) is 21.6. The van der Waals surface area contributed by atoms with Crippen molar-refractivity contribution < 1.29 is 14.3 Å². The lowest BCUT2D eigenvalue weighted by atomic mass is 9.49. The Bertz CT molecular complexity index is 1370. The van der Waals surface area contributed by atoms with Crippen LogP contribution in [0.5, 0.6) is 11.5 Å². The highest BCUT2D eigenvalue weighted by Gasteiger charge is 2.55. The molecule has 35 heavy (non-hydrogen) atoms. The van der Waals surface area contributed by atoms with Gasteiger partial charge in [0.25, 0.3) is 5.56 Å². The molecule has 6 nitrogen and oxygen atoms in total. The number of nitrogens with zero attached hydrogens (tertiary/aromatic N) is 1. The van der Waals surface area contributed by atoms with Gasteiger partial charge in [-0.05, 0) is 106 Å². The Hall–Kier alpha value is -2.67. The molecule has 1 aromatic carbocycles. The molecule has 0 amide bonds. The standard InChI is InChI=1S/C28H30N2O4S/c1-33-21-11-18(24-29-25(31)23-19-4-2-3-5-22(19)35-26(23)30-24)6-7-20(21)34-27(32)28-12-15-8-16(13-28)10-17(9-15)14-28/h6-7,11,15-17H,2-5,8-10,12-14H2,1H3,(H,29,30,31). The number of nitrogens with one attached hydrogen (secondary N) is 1. The normalized spacial score (nSPS) is 28.8. The number of aromatic nitrogens is 2. The van der Waals surface area contributed by atoms with Crippen molar-refractivity contribution in [3.63, 3.8) is 0 Å². The van der Waals surface area contributed by atoms with Crippen molar-refractivity contribution in [1.29, 1.82) is 0 Å². The Kier molecular flexibility index (Phi) is 4.89. The fraction of sp³-hybridized carbons (Fsp3) is 0.536. The van der Waals surface area contributed by atoms with Gasteiger partial charge >= 0.3 is 5.97 Å². The summed E-state index contributed by atoms with van der Waals surface area (Å²) in [6.45, 7) is 0. The molecule has 0 unspecified atom stereocenters. The second kappa shape index (κ2) is 7.92. The highest BCUT2D eigenvalue weighted by molar-refractivity contribution is 7.18. The van der Waals surface area contributed by atoms with Crippen molar-refractivity contribution in [2.45, 2.75) is 64.2 Å². The van der Waals surface area contributed by atoms with Crippen LogP contribution in [0, 0.1) is 23.2 Å². The summed E-state index contributed by atoms with van der Waals surface area (Å²) in [6.07, 6.45) is 11.0. The Morgan fingerprint density at radius 3 is 2.49 bits per heavy atom. The average molecular weight is 491 g/mol. The lowest BCUT2D eigenvalue weighted by molar-refractivity contribution is -0.161. The maximum atomic E-state index is 13.4. The van der Waals surface area contributed by atoms with E-state index < -0.39 is 0 Å². The highest BCUT2D eigenvalue weighted by atomic mass is 32.1. The number of carbonyl (C=O) groups is 1. The summed E-state index contributed by atoms with van der Waals surface area (Å²) in [7, 11) is 1.58. The van der Waals surface area contributed by atoms with Gasteiger partial charge in [-0.25, -0.2) is 4.98 Å². The first-order valence-electron chi connectivity index (χ1n) is 13.0. The summed E-state index contributed by atoms with van der Waals surface area (Å²) in [5.41, 5.74) is 1.51. The van der Waals surface area contributed by atoms with Gasteiger partial charge in [-0.3, -0.25) is 9.59 Å². The van der Waals surface area contributed by atoms with E-state index in [4.69, 9.17) is 14.5 Å². The fourth-order valence-corrected chi connectivity index (χ4v) is 9.03. The van der Waals surface area contributed by atoms with Gasteiger partial charge in [0, 0.05) is 10.4 Å². The minimum Gasteiger partial charge on any atom is -0.493 e. The molecular weight excluding hydrogens is 460 g/mol. The van der Waals surface area contributed by atoms with Gasteiger partial charge in [0.05, 0.1) is 17.9 Å². The van der Waals surface area contributed by atoms with Crippen molar-refractivity contribution >= 4 is 27.5 Å². The molecule has 182 valence electrons. The smallest absolute Gasteiger partial charge is 0.317 e. The maximum Gasteiger partial charge on any atom is 0.317 e. The third-order valence-corrected chi connectivity index (χ3v) is 10.1. The van der Waals surface area contributed by atoms with Crippen molar-refractivity contribution in [3.8, 4) is 22.9 Å². The van der Waals surface area contributed by atoms with Gasteiger partial charge in [-0.2, -0.15) is 0 Å². The topological polar surface area (TPSA) is 81.3 Å². The molecule has 5 aliphatic carbocycles. The van der Waals surface area contributed by atoms with E-state index in [1.807, 2.05) is 6.07 Å². The lowest BCUT2D eigenvalue weighted by Gasteiger charge is -2.55. The van der Waals surface area contributed by atoms with Crippen LogP contribution < -0.4 is 15.0 Å². The fourth-order valence-electron chi connectivity index (χ4n) is 7.77.